The van der Waals surface area contributed by atoms with Crippen LogP contribution in [-0.2, 0) is 22.6 Å². The van der Waals surface area contributed by atoms with Crippen LogP contribution in [0.3, 0.4) is 0 Å². The Bertz CT molecular complexity index is 908. The molecule has 0 spiro atoms. The molecule has 3 heterocycles. The Balaban J connectivity index is 1.34. The molecule has 1 unspecified atom stereocenters. The number of rotatable bonds is 5. The third-order valence-electron chi connectivity index (χ3n) is 5.16. The molecule has 0 saturated carbocycles. The van der Waals surface area contributed by atoms with Crippen LogP contribution in [0.4, 0.5) is 0 Å². The van der Waals surface area contributed by atoms with E-state index in [9.17, 15) is 4.79 Å². The quantitative estimate of drug-likeness (QED) is 0.765. The van der Waals surface area contributed by atoms with Crippen molar-refractivity contribution in [1.29, 1.82) is 0 Å². The molecule has 6 nitrogen and oxygen atoms in total. The molecule has 4 rings (SSSR count). The van der Waals surface area contributed by atoms with Gasteiger partial charge in [0, 0.05) is 35.8 Å². The molecule has 1 saturated heterocycles. The van der Waals surface area contributed by atoms with Crippen LogP contribution in [0.25, 0.3) is 10.9 Å². The molecule has 26 heavy (non-hydrogen) atoms. The van der Waals surface area contributed by atoms with Gasteiger partial charge in [-0.3, -0.25) is 4.79 Å². The molecule has 2 aromatic heterocycles. The molecule has 1 amide bonds. The van der Waals surface area contributed by atoms with Crippen LogP contribution < -0.4 is 0 Å². The number of para-hydroxylation sites is 1. The Labute approximate surface area is 152 Å². The molecule has 1 atom stereocenters. The van der Waals surface area contributed by atoms with Gasteiger partial charge in [0.15, 0.2) is 0 Å². The molecule has 1 aliphatic heterocycles. The van der Waals surface area contributed by atoms with Gasteiger partial charge in [-0.15, -0.1) is 0 Å². The van der Waals surface area contributed by atoms with Crippen LogP contribution in [0.2, 0.25) is 0 Å². The fourth-order valence-electron chi connectivity index (χ4n) is 3.55. The zero-order valence-electron chi connectivity index (χ0n) is 15.1. The van der Waals surface area contributed by atoms with Gasteiger partial charge >= 0.3 is 0 Å². The van der Waals surface area contributed by atoms with Crippen LogP contribution in [0.5, 0.6) is 0 Å². The summed E-state index contributed by atoms with van der Waals surface area (Å²) in [6, 6.07) is 8.07. The summed E-state index contributed by atoms with van der Waals surface area (Å²) in [4.78, 5) is 17.8. The number of carbonyl (C=O) groups excluding carboxylic acids is 1. The second-order valence-electron chi connectivity index (χ2n) is 6.90. The number of ether oxygens (including phenoxy) is 1. The van der Waals surface area contributed by atoms with Gasteiger partial charge in [-0.25, -0.2) is 0 Å². The number of aromatic amines is 1. The van der Waals surface area contributed by atoms with E-state index >= 15 is 0 Å². The summed E-state index contributed by atoms with van der Waals surface area (Å²) in [6.07, 6.45) is 3.28. The van der Waals surface area contributed by atoms with E-state index in [4.69, 9.17) is 9.26 Å². The molecule has 136 valence electrons. The molecule has 1 N–H and O–H groups in total. The fraction of sp³-hybridized carbons (Fsp3) is 0.400. The van der Waals surface area contributed by atoms with E-state index in [-0.39, 0.29) is 12.0 Å². The number of likely N-dealkylation sites (tertiary alicyclic amines) is 1. The molecular weight excluding hydrogens is 330 g/mol. The van der Waals surface area contributed by atoms with Gasteiger partial charge in [-0.1, -0.05) is 23.4 Å². The summed E-state index contributed by atoms with van der Waals surface area (Å²) in [5.74, 6) is 0.950. The number of H-pyrrole nitrogens is 1. The first-order chi connectivity index (χ1) is 12.6. The van der Waals surface area contributed by atoms with Gasteiger partial charge in [0.2, 0.25) is 5.91 Å². The highest BCUT2D eigenvalue weighted by Crippen LogP contribution is 2.22. The highest BCUT2D eigenvalue weighted by molar-refractivity contribution is 5.89. The number of carbonyl (C=O) groups is 1. The number of nitrogens with zero attached hydrogens (tertiary/aromatic N) is 2. The highest BCUT2D eigenvalue weighted by atomic mass is 16.5. The predicted octanol–water partition coefficient (Wildman–Crippen LogP) is 3.13. The summed E-state index contributed by atoms with van der Waals surface area (Å²) in [5.41, 5.74) is 3.99. The third kappa shape index (κ3) is 3.24. The normalized spacial score (nSPS) is 17.3. The summed E-state index contributed by atoms with van der Waals surface area (Å²) in [6.45, 7) is 5.68. The zero-order valence-corrected chi connectivity index (χ0v) is 15.1. The first-order valence-electron chi connectivity index (χ1n) is 8.98. The number of nitrogens with one attached hydrogen (secondary N) is 1. The topological polar surface area (TPSA) is 71.4 Å². The van der Waals surface area contributed by atoms with Crippen molar-refractivity contribution in [2.75, 3.05) is 13.1 Å². The third-order valence-corrected chi connectivity index (χ3v) is 5.16. The van der Waals surface area contributed by atoms with Gasteiger partial charge in [-0.05, 0) is 31.9 Å². The average Bonchev–Trinajstić information content (AvgIpc) is 3.34. The van der Waals surface area contributed by atoms with Crippen molar-refractivity contribution in [3.05, 3.63) is 53.0 Å². The second-order valence-corrected chi connectivity index (χ2v) is 6.90. The second kappa shape index (κ2) is 6.96. The van der Waals surface area contributed by atoms with E-state index in [2.05, 4.69) is 10.1 Å². The number of aryl methyl sites for hydroxylation is 2. The summed E-state index contributed by atoms with van der Waals surface area (Å²) < 4.78 is 11.2. The van der Waals surface area contributed by atoms with Crippen molar-refractivity contribution in [1.82, 2.24) is 15.0 Å². The Hall–Kier alpha value is -2.60. The molecule has 0 bridgehead atoms. The van der Waals surface area contributed by atoms with Gasteiger partial charge in [0.05, 0.1) is 24.8 Å². The fourth-order valence-corrected chi connectivity index (χ4v) is 3.55. The zero-order chi connectivity index (χ0) is 18.1. The van der Waals surface area contributed by atoms with E-state index in [1.807, 2.05) is 49.2 Å². The van der Waals surface area contributed by atoms with Gasteiger partial charge in [0.1, 0.15) is 5.76 Å². The molecule has 1 aromatic carbocycles. The average molecular weight is 353 g/mol. The smallest absolute Gasteiger partial charge is 0.227 e. The predicted molar refractivity (Wildman–Crippen MR) is 97.8 cm³/mol. The molecular formula is C20H23N3O3. The lowest BCUT2D eigenvalue weighted by Crippen LogP contribution is -2.31. The number of benzene rings is 1. The number of hydrogen-bond acceptors (Lipinski definition) is 4. The Morgan fingerprint density at radius 1 is 1.38 bits per heavy atom. The van der Waals surface area contributed by atoms with Crippen LogP contribution in [0.15, 0.2) is 35.0 Å². The first kappa shape index (κ1) is 16.8. The monoisotopic (exact) mass is 353 g/mol. The standard InChI is InChI=1S/C20H23N3O3/c1-13-18(14(2)26-22-13)12-25-16-7-8-23(11-16)20(24)9-15-10-21-19-6-4-3-5-17(15)19/h3-6,10,16,21H,7-9,11-12H2,1-2H3. The van der Waals surface area contributed by atoms with E-state index in [0.29, 0.717) is 19.6 Å². The molecule has 3 aromatic rings. The SMILES string of the molecule is Cc1noc(C)c1COC1CCN(C(=O)Cc2c[nH]c3ccccc23)C1. The number of fused-ring (bicyclic) bond motifs is 1. The molecule has 6 heteroatoms. The van der Waals surface area contributed by atoms with Crippen LogP contribution >= 0.6 is 0 Å². The van der Waals surface area contributed by atoms with Crippen molar-refractivity contribution >= 4 is 16.8 Å². The lowest BCUT2D eigenvalue weighted by atomic mass is 10.1. The van der Waals surface area contributed by atoms with E-state index in [1.54, 1.807) is 0 Å². The molecule has 0 radical (unpaired) electrons. The van der Waals surface area contributed by atoms with Gasteiger partial charge in [-0.2, -0.15) is 0 Å². The van der Waals surface area contributed by atoms with Crippen LogP contribution in [0.1, 0.15) is 29.0 Å². The van der Waals surface area contributed by atoms with Crippen LogP contribution in [-0.4, -0.2) is 40.1 Å². The van der Waals surface area contributed by atoms with Crippen LogP contribution in [0, 0.1) is 13.8 Å². The first-order valence-corrected chi connectivity index (χ1v) is 8.98. The Morgan fingerprint density at radius 3 is 3.04 bits per heavy atom. The minimum Gasteiger partial charge on any atom is -0.371 e. The summed E-state index contributed by atoms with van der Waals surface area (Å²) in [5, 5.41) is 5.07. The Morgan fingerprint density at radius 2 is 2.23 bits per heavy atom. The number of amides is 1. The Kier molecular flexibility index (Phi) is 4.51. The van der Waals surface area contributed by atoms with Crippen molar-refractivity contribution in [2.45, 2.75) is 39.4 Å². The minimum absolute atomic E-state index is 0.0654. The van der Waals surface area contributed by atoms with Crippen molar-refractivity contribution in [3.63, 3.8) is 0 Å². The van der Waals surface area contributed by atoms with Gasteiger partial charge < -0.3 is 19.1 Å². The number of aromatic nitrogens is 2. The van der Waals surface area contributed by atoms with Crippen molar-refractivity contribution in [3.8, 4) is 0 Å². The maximum Gasteiger partial charge on any atom is 0.227 e. The lowest BCUT2D eigenvalue weighted by molar-refractivity contribution is -0.130. The minimum atomic E-state index is 0.0654. The van der Waals surface area contributed by atoms with E-state index in [0.717, 1.165) is 46.4 Å². The maximum absolute atomic E-state index is 12.7. The van der Waals surface area contributed by atoms with E-state index < -0.39 is 0 Å². The summed E-state index contributed by atoms with van der Waals surface area (Å²) in [7, 11) is 0. The number of hydrogen-bond donors (Lipinski definition) is 1. The van der Waals surface area contributed by atoms with Gasteiger partial charge in [0.25, 0.3) is 0 Å². The van der Waals surface area contributed by atoms with Crippen molar-refractivity contribution in [2.24, 2.45) is 0 Å². The molecule has 1 fully saturated rings. The maximum atomic E-state index is 12.7. The lowest BCUT2D eigenvalue weighted by Gasteiger charge is -2.16. The summed E-state index contributed by atoms with van der Waals surface area (Å²) >= 11 is 0. The molecule has 0 aliphatic carbocycles. The largest absolute Gasteiger partial charge is 0.371 e. The highest BCUT2D eigenvalue weighted by Gasteiger charge is 2.27. The van der Waals surface area contributed by atoms with Crippen molar-refractivity contribution < 1.29 is 14.1 Å². The van der Waals surface area contributed by atoms with E-state index in [1.165, 1.54) is 0 Å². The molecule has 1 aliphatic rings.